The summed E-state index contributed by atoms with van der Waals surface area (Å²) in [6, 6.07) is 4.65. The van der Waals surface area contributed by atoms with E-state index in [-0.39, 0.29) is 5.56 Å². The number of aromatic carboxylic acids is 1. The van der Waals surface area contributed by atoms with Gasteiger partial charge in [-0.1, -0.05) is 0 Å². The number of hydrogen-bond donors (Lipinski definition) is 1. The first-order valence-electron chi connectivity index (χ1n) is 5.63. The number of rotatable bonds is 2. The number of benzene rings is 1. The Morgan fingerprint density at radius 1 is 1.32 bits per heavy atom. The highest BCUT2D eigenvalue weighted by Crippen LogP contribution is 2.31. The molecule has 0 saturated heterocycles. The van der Waals surface area contributed by atoms with E-state index in [9.17, 15) is 4.79 Å². The Kier molecular flexibility index (Phi) is 2.60. The molecule has 3 rings (SSSR count). The van der Waals surface area contributed by atoms with Crippen LogP contribution >= 0.6 is 11.3 Å². The molecule has 19 heavy (non-hydrogen) atoms. The van der Waals surface area contributed by atoms with Crippen molar-refractivity contribution in [2.45, 2.75) is 13.8 Å². The van der Waals surface area contributed by atoms with Crippen LogP contribution in [0.25, 0.3) is 21.9 Å². The molecule has 96 valence electrons. The molecule has 1 aromatic carbocycles. The predicted octanol–water partition coefficient (Wildman–Crippen LogP) is 3.27. The van der Waals surface area contributed by atoms with Crippen LogP contribution in [-0.4, -0.2) is 21.0 Å². The van der Waals surface area contributed by atoms with E-state index in [4.69, 9.17) is 9.52 Å². The number of aromatic nitrogens is 2. The highest BCUT2D eigenvalue weighted by Gasteiger charge is 2.15. The highest BCUT2D eigenvalue weighted by molar-refractivity contribution is 7.15. The van der Waals surface area contributed by atoms with Crippen LogP contribution in [0.3, 0.4) is 0 Å². The Bertz CT molecular complexity index is 788. The Labute approximate surface area is 112 Å². The fraction of sp³-hybridized carbons (Fsp3) is 0.154. The van der Waals surface area contributed by atoms with Gasteiger partial charge in [-0.05, 0) is 32.0 Å². The predicted molar refractivity (Wildman–Crippen MR) is 71.6 cm³/mol. The third kappa shape index (κ3) is 2.00. The summed E-state index contributed by atoms with van der Waals surface area (Å²) in [4.78, 5) is 20.5. The largest absolute Gasteiger partial charge is 0.478 e. The number of hydrogen-bond acceptors (Lipinski definition) is 5. The maximum atomic E-state index is 10.9. The van der Waals surface area contributed by atoms with Crippen LogP contribution in [0.15, 0.2) is 22.6 Å². The zero-order valence-corrected chi connectivity index (χ0v) is 11.1. The van der Waals surface area contributed by atoms with Gasteiger partial charge in [0.15, 0.2) is 5.58 Å². The second-order valence-electron chi connectivity index (χ2n) is 4.15. The zero-order valence-electron chi connectivity index (χ0n) is 10.3. The maximum Gasteiger partial charge on any atom is 0.335 e. The van der Waals surface area contributed by atoms with Crippen LogP contribution in [0.2, 0.25) is 0 Å². The molecule has 0 aliphatic rings. The topological polar surface area (TPSA) is 76.2 Å². The summed E-state index contributed by atoms with van der Waals surface area (Å²) in [5.74, 6) is -0.495. The minimum Gasteiger partial charge on any atom is -0.478 e. The first-order chi connectivity index (χ1) is 9.04. The van der Waals surface area contributed by atoms with Crippen molar-refractivity contribution in [1.29, 1.82) is 0 Å². The van der Waals surface area contributed by atoms with E-state index in [1.165, 1.54) is 23.5 Å². The van der Waals surface area contributed by atoms with Crippen molar-refractivity contribution in [3.05, 3.63) is 34.5 Å². The number of thiazole rings is 1. The maximum absolute atomic E-state index is 10.9. The second-order valence-corrected chi connectivity index (χ2v) is 5.36. The SMILES string of the molecule is Cc1nc(C)c(-c2nc3ccc(C(=O)O)cc3o2)s1. The molecule has 0 saturated carbocycles. The van der Waals surface area contributed by atoms with Crippen molar-refractivity contribution in [3.63, 3.8) is 0 Å². The first-order valence-corrected chi connectivity index (χ1v) is 6.44. The number of nitrogens with zero attached hydrogens (tertiary/aromatic N) is 2. The van der Waals surface area contributed by atoms with E-state index < -0.39 is 5.97 Å². The lowest BCUT2D eigenvalue weighted by atomic mass is 10.2. The van der Waals surface area contributed by atoms with Crippen molar-refractivity contribution in [2.75, 3.05) is 0 Å². The van der Waals surface area contributed by atoms with Crippen molar-refractivity contribution >= 4 is 28.4 Å². The molecule has 2 aromatic heterocycles. The van der Waals surface area contributed by atoms with Crippen LogP contribution in [0.5, 0.6) is 0 Å². The minimum atomic E-state index is -0.982. The lowest BCUT2D eigenvalue weighted by molar-refractivity contribution is 0.0697. The molecule has 0 amide bonds. The van der Waals surface area contributed by atoms with Gasteiger partial charge >= 0.3 is 5.97 Å². The van der Waals surface area contributed by atoms with E-state index in [0.717, 1.165) is 15.6 Å². The van der Waals surface area contributed by atoms with Gasteiger partial charge in [0.1, 0.15) is 10.4 Å². The van der Waals surface area contributed by atoms with Gasteiger partial charge in [-0.3, -0.25) is 0 Å². The normalized spacial score (nSPS) is 11.1. The van der Waals surface area contributed by atoms with E-state index in [1.54, 1.807) is 6.07 Å². The fourth-order valence-electron chi connectivity index (χ4n) is 1.88. The van der Waals surface area contributed by atoms with Gasteiger partial charge < -0.3 is 9.52 Å². The van der Waals surface area contributed by atoms with Gasteiger partial charge in [-0.2, -0.15) is 0 Å². The van der Waals surface area contributed by atoms with Gasteiger partial charge in [0, 0.05) is 0 Å². The molecule has 0 radical (unpaired) electrons. The molecule has 3 aromatic rings. The Morgan fingerprint density at radius 2 is 2.11 bits per heavy atom. The highest BCUT2D eigenvalue weighted by atomic mass is 32.1. The van der Waals surface area contributed by atoms with E-state index in [0.29, 0.717) is 17.0 Å². The zero-order chi connectivity index (χ0) is 13.6. The summed E-state index contributed by atoms with van der Waals surface area (Å²) in [5, 5.41) is 9.89. The smallest absolute Gasteiger partial charge is 0.335 e. The molecule has 0 fully saturated rings. The first kappa shape index (κ1) is 11.9. The van der Waals surface area contributed by atoms with Gasteiger partial charge in [0.2, 0.25) is 5.89 Å². The molecule has 0 aliphatic carbocycles. The number of carboxylic acids is 1. The van der Waals surface area contributed by atoms with Gasteiger partial charge in [0.25, 0.3) is 0 Å². The Morgan fingerprint density at radius 3 is 2.74 bits per heavy atom. The van der Waals surface area contributed by atoms with Gasteiger partial charge in [-0.25, -0.2) is 14.8 Å². The summed E-state index contributed by atoms with van der Waals surface area (Å²) in [5.41, 5.74) is 2.17. The summed E-state index contributed by atoms with van der Waals surface area (Å²) >= 11 is 1.51. The summed E-state index contributed by atoms with van der Waals surface area (Å²) < 4.78 is 5.64. The second kappa shape index (κ2) is 4.17. The molecule has 1 N–H and O–H groups in total. The standard InChI is InChI=1S/C13H10N2O3S/c1-6-11(19-7(2)14-6)12-15-9-4-3-8(13(16)17)5-10(9)18-12/h3-5H,1-2H3,(H,16,17). The number of carbonyl (C=O) groups is 1. The molecule has 0 atom stereocenters. The van der Waals surface area contributed by atoms with Crippen LogP contribution in [0.1, 0.15) is 21.1 Å². The average molecular weight is 274 g/mol. The van der Waals surface area contributed by atoms with Crippen molar-refractivity contribution in [1.82, 2.24) is 9.97 Å². The molecule has 0 aliphatic heterocycles. The number of oxazole rings is 1. The van der Waals surface area contributed by atoms with Crippen LogP contribution in [-0.2, 0) is 0 Å². The third-order valence-electron chi connectivity index (χ3n) is 2.73. The molecule has 0 unspecified atom stereocenters. The third-order valence-corrected chi connectivity index (χ3v) is 3.79. The summed E-state index contributed by atoms with van der Waals surface area (Å²) in [6.45, 7) is 3.82. The summed E-state index contributed by atoms with van der Waals surface area (Å²) in [7, 11) is 0. The van der Waals surface area contributed by atoms with Gasteiger partial charge in [0.05, 0.1) is 16.3 Å². The molecular weight excluding hydrogens is 264 g/mol. The average Bonchev–Trinajstić information content (AvgIpc) is 2.90. The molecule has 6 heteroatoms. The molecule has 5 nitrogen and oxygen atoms in total. The molecule has 0 spiro atoms. The lowest BCUT2D eigenvalue weighted by Crippen LogP contribution is -1.94. The van der Waals surface area contributed by atoms with Crippen molar-refractivity contribution in [2.24, 2.45) is 0 Å². The van der Waals surface area contributed by atoms with Crippen LogP contribution in [0, 0.1) is 13.8 Å². The number of fused-ring (bicyclic) bond motifs is 1. The van der Waals surface area contributed by atoms with E-state index in [1.807, 2.05) is 13.8 Å². The van der Waals surface area contributed by atoms with Crippen LogP contribution in [0.4, 0.5) is 0 Å². The molecular formula is C13H10N2O3S. The Balaban J connectivity index is 2.16. The molecule has 0 bridgehead atoms. The Hall–Kier alpha value is -2.21. The van der Waals surface area contributed by atoms with E-state index >= 15 is 0 Å². The van der Waals surface area contributed by atoms with Crippen molar-refractivity contribution < 1.29 is 14.3 Å². The van der Waals surface area contributed by atoms with Crippen molar-refractivity contribution in [3.8, 4) is 10.8 Å². The number of carboxylic acid groups (broad SMARTS) is 1. The number of aryl methyl sites for hydroxylation is 2. The molecule has 2 heterocycles. The van der Waals surface area contributed by atoms with Crippen LogP contribution < -0.4 is 0 Å². The fourth-order valence-corrected chi connectivity index (χ4v) is 2.73. The summed E-state index contributed by atoms with van der Waals surface area (Å²) in [6.07, 6.45) is 0. The monoisotopic (exact) mass is 274 g/mol. The quantitative estimate of drug-likeness (QED) is 0.776. The minimum absolute atomic E-state index is 0.187. The van der Waals surface area contributed by atoms with Gasteiger partial charge in [-0.15, -0.1) is 11.3 Å². The van der Waals surface area contributed by atoms with E-state index in [2.05, 4.69) is 9.97 Å². The lowest BCUT2D eigenvalue weighted by Gasteiger charge is -1.91.